The third-order valence-corrected chi connectivity index (χ3v) is 4.30. The van der Waals surface area contributed by atoms with Crippen molar-refractivity contribution in [1.82, 2.24) is 10.2 Å². The van der Waals surface area contributed by atoms with Crippen LogP contribution in [0, 0.1) is 5.92 Å². The van der Waals surface area contributed by atoms with Crippen molar-refractivity contribution in [2.24, 2.45) is 11.7 Å². The van der Waals surface area contributed by atoms with Gasteiger partial charge in [0.1, 0.15) is 0 Å². The van der Waals surface area contributed by atoms with Crippen molar-refractivity contribution in [3.8, 4) is 0 Å². The SMILES string of the molecule is C[C@H](NC(=O)[C@@H]1CCCN(C(N)=O)C1)c1cccc(Br)c1. The standard InChI is InChI=1S/C15H20BrN3O2/c1-10(11-4-2-6-13(16)8-11)18-14(20)12-5-3-7-19(9-12)15(17)21/h2,4,6,8,10,12H,3,5,7,9H2,1H3,(H2,17,21)(H,18,20)/t10-,12+/m0/s1. The lowest BCUT2D eigenvalue weighted by molar-refractivity contribution is -0.126. The number of hydrogen-bond donors (Lipinski definition) is 2. The summed E-state index contributed by atoms with van der Waals surface area (Å²) in [6, 6.07) is 7.33. The second-order valence-corrected chi connectivity index (χ2v) is 6.32. The Morgan fingerprint density at radius 3 is 2.90 bits per heavy atom. The number of nitrogens with zero attached hydrogens (tertiary/aromatic N) is 1. The Kier molecular flexibility index (Phi) is 5.22. The zero-order valence-corrected chi connectivity index (χ0v) is 13.6. The van der Waals surface area contributed by atoms with Crippen LogP contribution in [0.2, 0.25) is 0 Å². The minimum absolute atomic E-state index is 0.0200. The number of hydrogen-bond acceptors (Lipinski definition) is 2. The summed E-state index contributed by atoms with van der Waals surface area (Å²) in [5, 5.41) is 3.01. The van der Waals surface area contributed by atoms with Crippen LogP contribution in [0.1, 0.15) is 31.4 Å². The molecule has 1 aromatic rings. The number of primary amides is 1. The second kappa shape index (κ2) is 6.93. The van der Waals surface area contributed by atoms with Gasteiger partial charge in [-0.15, -0.1) is 0 Å². The van der Waals surface area contributed by atoms with Crippen LogP contribution in [-0.4, -0.2) is 29.9 Å². The first-order valence-corrected chi connectivity index (χ1v) is 7.87. The van der Waals surface area contributed by atoms with E-state index in [1.807, 2.05) is 31.2 Å². The van der Waals surface area contributed by atoms with Crippen LogP contribution in [0.5, 0.6) is 0 Å². The summed E-state index contributed by atoms with van der Waals surface area (Å²) >= 11 is 3.43. The maximum atomic E-state index is 12.3. The molecule has 0 aromatic heterocycles. The molecule has 0 saturated carbocycles. The molecule has 6 heteroatoms. The van der Waals surface area contributed by atoms with E-state index >= 15 is 0 Å². The van der Waals surface area contributed by atoms with Gasteiger partial charge < -0.3 is 16.0 Å². The van der Waals surface area contributed by atoms with Crippen LogP contribution >= 0.6 is 15.9 Å². The number of carbonyl (C=O) groups is 2. The van der Waals surface area contributed by atoms with E-state index in [0.29, 0.717) is 13.1 Å². The molecule has 1 saturated heterocycles. The highest BCUT2D eigenvalue weighted by atomic mass is 79.9. The Bertz CT molecular complexity index is 535. The van der Waals surface area contributed by atoms with Crippen molar-refractivity contribution in [1.29, 1.82) is 0 Å². The van der Waals surface area contributed by atoms with Gasteiger partial charge in [0, 0.05) is 17.6 Å². The Labute approximate surface area is 133 Å². The van der Waals surface area contributed by atoms with E-state index in [4.69, 9.17) is 5.73 Å². The van der Waals surface area contributed by atoms with E-state index in [9.17, 15) is 9.59 Å². The largest absolute Gasteiger partial charge is 0.351 e. The molecule has 0 radical (unpaired) electrons. The molecule has 1 heterocycles. The molecule has 0 spiro atoms. The molecule has 1 aromatic carbocycles. The number of carbonyl (C=O) groups excluding carboxylic acids is 2. The molecule has 21 heavy (non-hydrogen) atoms. The Morgan fingerprint density at radius 1 is 1.48 bits per heavy atom. The number of amides is 3. The molecule has 1 fully saturated rings. The lowest BCUT2D eigenvalue weighted by atomic mass is 9.96. The lowest BCUT2D eigenvalue weighted by Gasteiger charge is -2.31. The molecular formula is C15H20BrN3O2. The molecule has 3 amide bonds. The summed E-state index contributed by atoms with van der Waals surface area (Å²) in [5.41, 5.74) is 6.33. The van der Waals surface area contributed by atoms with Gasteiger partial charge in [-0.2, -0.15) is 0 Å². The van der Waals surface area contributed by atoms with Crippen LogP contribution in [0.15, 0.2) is 28.7 Å². The zero-order valence-electron chi connectivity index (χ0n) is 12.0. The van der Waals surface area contributed by atoms with E-state index in [2.05, 4.69) is 21.2 Å². The number of likely N-dealkylation sites (tertiary alicyclic amines) is 1. The van der Waals surface area contributed by atoms with E-state index in [1.165, 1.54) is 4.90 Å². The third-order valence-electron chi connectivity index (χ3n) is 3.81. The molecule has 0 unspecified atom stereocenters. The summed E-state index contributed by atoms with van der Waals surface area (Å²) in [4.78, 5) is 25.1. The molecule has 0 bridgehead atoms. The van der Waals surface area contributed by atoms with Gasteiger partial charge in [0.2, 0.25) is 5.91 Å². The van der Waals surface area contributed by atoms with Crippen molar-refractivity contribution in [2.75, 3.05) is 13.1 Å². The first-order valence-electron chi connectivity index (χ1n) is 7.07. The highest BCUT2D eigenvalue weighted by Crippen LogP contribution is 2.20. The quantitative estimate of drug-likeness (QED) is 0.875. The minimum Gasteiger partial charge on any atom is -0.351 e. The summed E-state index contributed by atoms with van der Waals surface area (Å²) in [6.45, 7) is 3.00. The smallest absolute Gasteiger partial charge is 0.314 e. The molecule has 1 aliphatic rings. The zero-order chi connectivity index (χ0) is 15.4. The van der Waals surface area contributed by atoms with E-state index in [1.54, 1.807) is 0 Å². The van der Waals surface area contributed by atoms with Crippen molar-refractivity contribution < 1.29 is 9.59 Å². The van der Waals surface area contributed by atoms with Crippen molar-refractivity contribution in [3.05, 3.63) is 34.3 Å². The first kappa shape index (κ1) is 15.8. The molecule has 114 valence electrons. The van der Waals surface area contributed by atoms with Crippen molar-refractivity contribution in [2.45, 2.75) is 25.8 Å². The van der Waals surface area contributed by atoms with Gasteiger partial charge in [-0.25, -0.2) is 4.79 Å². The number of nitrogens with two attached hydrogens (primary N) is 1. The number of halogens is 1. The van der Waals surface area contributed by atoms with E-state index in [-0.39, 0.29) is 17.9 Å². The van der Waals surface area contributed by atoms with Crippen molar-refractivity contribution >= 4 is 27.9 Å². The summed E-state index contributed by atoms with van der Waals surface area (Å²) in [7, 11) is 0. The Balaban J connectivity index is 1.96. The molecule has 5 nitrogen and oxygen atoms in total. The number of rotatable bonds is 3. The number of piperidine rings is 1. The van der Waals surface area contributed by atoms with Gasteiger partial charge >= 0.3 is 6.03 Å². The van der Waals surface area contributed by atoms with Gasteiger partial charge in [-0.3, -0.25) is 4.79 Å². The fourth-order valence-corrected chi connectivity index (χ4v) is 3.00. The average molecular weight is 354 g/mol. The van der Waals surface area contributed by atoms with E-state index < -0.39 is 6.03 Å². The van der Waals surface area contributed by atoms with Gasteiger partial charge in [-0.05, 0) is 37.5 Å². The minimum atomic E-state index is -0.451. The van der Waals surface area contributed by atoms with Gasteiger partial charge in [0.15, 0.2) is 0 Å². The fourth-order valence-electron chi connectivity index (χ4n) is 2.58. The fraction of sp³-hybridized carbons (Fsp3) is 0.467. The van der Waals surface area contributed by atoms with Crippen LogP contribution in [0.25, 0.3) is 0 Å². The summed E-state index contributed by atoms with van der Waals surface area (Å²) < 4.78 is 0.985. The monoisotopic (exact) mass is 353 g/mol. The number of nitrogens with one attached hydrogen (secondary N) is 1. The highest BCUT2D eigenvalue weighted by molar-refractivity contribution is 9.10. The van der Waals surface area contributed by atoms with E-state index in [0.717, 1.165) is 22.9 Å². The molecular weight excluding hydrogens is 334 g/mol. The normalized spacial score (nSPS) is 19.9. The maximum Gasteiger partial charge on any atom is 0.314 e. The van der Waals surface area contributed by atoms with Gasteiger partial charge in [0.25, 0.3) is 0 Å². The average Bonchev–Trinajstić information content (AvgIpc) is 2.47. The molecule has 3 N–H and O–H groups in total. The molecule has 2 atom stereocenters. The summed E-state index contributed by atoms with van der Waals surface area (Å²) in [6.07, 6.45) is 1.60. The van der Waals surface area contributed by atoms with Gasteiger partial charge in [0.05, 0.1) is 12.0 Å². The predicted molar refractivity (Wildman–Crippen MR) is 84.6 cm³/mol. The van der Waals surface area contributed by atoms with Gasteiger partial charge in [-0.1, -0.05) is 28.1 Å². The first-order chi connectivity index (χ1) is 9.97. The molecule has 2 rings (SSSR count). The number of urea groups is 1. The highest BCUT2D eigenvalue weighted by Gasteiger charge is 2.28. The van der Waals surface area contributed by atoms with Crippen LogP contribution in [-0.2, 0) is 4.79 Å². The number of benzene rings is 1. The molecule has 1 aliphatic heterocycles. The third kappa shape index (κ3) is 4.20. The van der Waals surface area contributed by atoms with Crippen LogP contribution < -0.4 is 11.1 Å². The summed E-state index contributed by atoms with van der Waals surface area (Å²) in [5.74, 6) is -0.200. The maximum absolute atomic E-state index is 12.3. The van der Waals surface area contributed by atoms with Crippen molar-refractivity contribution in [3.63, 3.8) is 0 Å². The Hall–Kier alpha value is -1.56. The van der Waals surface area contributed by atoms with Crippen LogP contribution in [0.4, 0.5) is 4.79 Å². The second-order valence-electron chi connectivity index (χ2n) is 5.41. The topological polar surface area (TPSA) is 75.4 Å². The Morgan fingerprint density at radius 2 is 2.24 bits per heavy atom. The van der Waals surface area contributed by atoms with Crippen LogP contribution in [0.3, 0.4) is 0 Å². The predicted octanol–water partition coefficient (Wildman–Crippen LogP) is 2.42. The molecule has 0 aliphatic carbocycles. The lowest BCUT2D eigenvalue weighted by Crippen LogP contribution is -2.47.